The second kappa shape index (κ2) is 8.45. The third-order valence-corrected chi connectivity index (χ3v) is 4.41. The predicted octanol–water partition coefficient (Wildman–Crippen LogP) is 2.18. The zero-order valence-electron chi connectivity index (χ0n) is 14.9. The first kappa shape index (κ1) is 18.6. The van der Waals surface area contributed by atoms with Gasteiger partial charge in [-0.05, 0) is 36.8 Å². The van der Waals surface area contributed by atoms with E-state index in [1.165, 1.54) is 24.3 Å². The number of anilines is 1. The van der Waals surface area contributed by atoms with Crippen molar-refractivity contribution in [2.75, 3.05) is 25.0 Å². The van der Waals surface area contributed by atoms with Crippen molar-refractivity contribution in [3.8, 4) is 6.07 Å². The average molecular weight is 370 g/mol. The lowest BCUT2D eigenvalue weighted by molar-refractivity contribution is 0.600. The Labute approximate surface area is 156 Å². The van der Waals surface area contributed by atoms with E-state index in [0.717, 1.165) is 6.42 Å². The van der Waals surface area contributed by atoms with Crippen LogP contribution in [0.3, 0.4) is 0 Å². The number of aromatic nitrogens is 1. The molecule has 1 aliphatic rings. The van der Waals surface area contributed by atoms with Gasteiger partial charge in [0.25, 0.3) is 0 Å². The van der Waals surface area contributed by atoms with Gasteiger partial charge in [0.2, 0.25) is 0 Å². The van der Waals surface area contributed by atoms with Crippen LogP contribution in [0.5, 0.6) is 0 Å². The Morgan fingerprint density at radius 3 is 2.96 bits per heavy atom. The van der Waals surface area contributed by atoms with Crippen molar-refractivity contribution in [1.29, 1.82) is 5.26 Å². The van der Waals surface area contributed by atoms with Crippen LogP contribution in [0.1, 0.15) is 17.5 Å². The highest BCUT2D eigenvalue weighted by Crippen LogP contribution is 2.20. The van der Waals surface area contributed by atoms with Crippen LogP contribution in [0.15, 0.2) is 41.5 Å². The number of hydrogen-bond acceptors (Lipinski definition) is 4. The maximum Gasteiger partial charge on any atom is 0.191 e. The molecule has 6 nitrogen and oxygen atoms in total. The molecule has 0 radical (unpaired) electrons. The number of nitriles is 1. The molecule has 3 rings (SSSR count). The molecular weight excluding hydrogens is 350 g/mol. The zero-order valence-corrected chi connectivity index (χ0v) is 14.9. The third-order valence-electron chi connectivity index (χ3n) is 4.41. The van der Waals surface area contributed by atoms with Crippen molar-refractivity contribution < 1.29 is 8.78 Å². The molecule has 0 bridgehead atoms. The van der Waals surface area contributed by atoms with Gasteiger partial charge in [-0.15, -0.1) is 0 Å². The minimum atomic E-state index is -0.380. The second-order valence-corrected chi connectivity index (χ2v) is 6.23. The van der Waals surface area contributed by atoms with Gasteiger partial charge in [0.15, 0.2) is 17.6 Å². The largest absolute Gasteiger partial charge is 0.352 e. The Hall–Kier alpha value is -3.21. The van der Waals surface area contributed by atoms with E-state index in [9.17, 15) is 8.78 Å². The van der Waals surface area contributed by atoms with Gasteiger partial charge in [0.05, 0.1) is 11.6 Å². The van der Waals surface area contributed by atoms with Crippen molar-refractivity contribution in [2.24, 2.45) is 4.99 Å². The van der Waals surface area contributed by atoms with Gasteiger partial charge < -0.3 is 15.5 Å². The summed E-state index contributed by atoms with van der Waals surface area (Å²) in [6.45, 7) is 1.47. The maximum absolute atomic E-state index is 13.9. The van der Waals surface area contributed by atoms with E-state index < -0.39 is 0 Å². The molecular formula is C19H20F2N6. The molecule has 140 valence electrons. The number of nitrogens with one attached hydrogen (secondary N) is 2. The fourth-order valence-electron chi connectivity index (χ4n) is 3.03. The molecule has 2 heterocycles. The van der Waals surface area contributed by atoms with E-state index in [1.807, 2.05) is 11.0 Å². The van der Waals surface area contributed by atoms with Crippen LogP contribution in [0, 0.1) is 23.0 Å². The van der Waals surface area contributed by atoms with E-state index in [0.29, 0.717) is 36.0 Å². The third kappa shape index (κ3) is 4.50. The maximum atomic E-state index is 13.9. The van der Waals surface area contributed by atoms with Crippen LogP contribution >= 0.6 is 0 Å². The summed E-state index contributed by atoms with van der Waals surface area (Å²) >= 11 is 0. The molecule has 1 aliphatic heterocycles. The highest BCUT2D eigenvalue weighted by atomic mass is 19.1. The van der Waals surface area contributed by atoms with Crippen LogP contribution in [0.2, 0.25) is 0 Å². The number of nitrogens with zero attached hydrogens (tertiary/aromatic N) is 4. The quantitative estimate of drug-likeness (QED) is 0.637. The van der Waals surface area contributed by atoms with Crippen LogP contribution < -0.4 is 15.5 Å². The Balaban J connectivity index is 1.57. The summed E-state index contributed by atoms with van der Waals surface area (Å²) in [5.41, 5.74) is 0.792. The monoisotopic (exact) mass is 370 g/mol. The molecule has 0 aliphatic carbocycles. The summed E-state index contributed by atoms with van der Waals surface area (Å²) in [5.74, 6) is 0.147. The van der Waals surface area contributed by atoms with Gasteiger partial charge in [-0.2, -0.15) is 5.26 Å². The van der Waals surface area contributed by atoms with Gasteiger partial charge in [-0.1, -0.05) is 0 Å². The van der Waals surface area contributed by atoms with Crippen LogP contribution in [-0.4, -0.2) is 37.1 Å². The number of benzene rings is 1. The molecule has 0 spiro atoms. The van der Waals surface area contributed by atoms with Gasteiger partial charge >= 0.3 is 0 Å². The van der Waals surface area contributed by atoms with Crippen molar-refractivity contribution >= 4 is 11.8 Å². The molecule has 1 unspecified atom stereocenters. The smallest absolute Gasteiger partial charge is 0.191 e. The Kier molecular flexibility index (Phi) is 5.81. The van der Waals surface area contributed by atoms with Gasteiger partial charge in [0.1, 0.15) is 5.82 Å². The normalized spacial score (nSPS) is 16.9. The fraction of sp³-hybridized carbons (Fsp3) is 0.316. The highest BCUT2D eigenvalue weighted by molar-refractivity contribution is 5.80. The SMILES string of the molecule is CN=C(NCc1cc(C#N)ccc1F)NC1CCN(c2ncccc2F)C1. The number of guanidine groups is 1. The highest BCUT2D eigenvalue weighted by Gasteiger charge is 2.25. The Morgan fingerprint density at radius 1 is 1.37 bits per heavy atom. The van der Waals surface area contributed by atoms with Crippen LogP contribution in [0.4, 0.5) is 14.6 Å². The van der Waals surface area contributed by atoms with Gasteiger partial charge in [0, 0.05) is 44.5 Å². The van der Waals surface area contributed by atoms with E-state index in [-0.39, 0.29) is 24.2 Å². The molecule has 2 aromatic rings. The average Bonchev–Trinajstić information content (AvgIpc) is 3.14. The number of rotatable bonds is 4. The molecule has 1 atom stereocenters. The second-order valence-electron chi connectivity index (χ2n) is 6.23. The first-order chi connectivity index (χ1) is 13.1. The summed E-state index contributed by atoms with van der Waals surface area (Å²) in [7, 11) is 1.63. The number of hydrogen-bond donors (Lipinski definition) is 2. The molecule has 1 aromatic heterocycles. The first-order valence-electron chi connectivity index (χ1n) is 8.62. The molecule has 1 saturated heterocycles. The summed E-state index contributed by atoms with van der Waals surface area (Å²) in [5, 5.41) is 15.3. The Morgan fingerprint density at radius 2 is 2.22 bits per heavy atom. The van der Waals surface area contributed by atoms with Crippen LogP contribution in [0.25, 0.3) is 0 Å². The van der Waals surface area contributed by atoms with E-state index >= 15 is 0 Å². The topological polar surface area (TPSA) is 76.3 Å². The molecule has 2 N–H and O–H groups in total. The molecule has 0 saturated carbocycles. The van der Waals surface area contributed by atoms with E-state index in [4.69, 9.17) is 5.26 Å². The zero-order chi connectivity index (χ0) is 19.2. The fourth-order valence-corrected chi connectivity index (χ4v) is 3.03. The predicted molar refractivity (Wildman–Crippen MR) is 99.3 cm³/mol. The van der Waals surface area contributed by atoms with Gasteiger partial charge in [-0.3, -0.25) is 4.99 Å². The molecule has 1 fully saturated rings. The van der Waals surface area contributed by atoms with Crippen molar-refractivity contribution in [1.82, 2.24) is 15.6 Å². The Bertz CT molecular complexity index is 877. The molecule has 1 aromatic carbocycles. The minimum absolute atomic E-state index is 0.0629. The minimum Gasteiger partial charge on any atom is -0.352 e. The first-order valence-corrected chi connectivity index (χ1v) is 8.62. The van der Waals surface area contributed by atoms with Crippen molar-refractivity contribution in [3.05, 3.63) is 59.3 Å². The van der Waals surface area contributed by atoms with Crippen molar-refractivity contribution in [3.63, 3.8) is 0 Å². The van der Waals surface area contributed by atoms with E-state index in [2.05, 4.69) is 20.6 Å². The van der Waals surface area contributed by atoms with Crippen LogP contribution in [-0.2, 0) is 6.54 Å². The lowest BCUT2D eigenvalue weighted by atomic mass is 10.1. The lowest BCUT2D eigenvalue weighted by Crippen LogP contribution is -2.44. The summed E-state index contributed by atoms with van der Waals surface area (Å²) in [4.78, 5) is 10.1. The molecule has 0 amide bonds. The number of aliphatic imine (C=N–C) groups is 1. The molecule has 27 heavy (non-hydrogen) atoms. The molecule has 8 heteroatoms. The number of pyridine rings is 1. The van der Waals surface area contributed by atoms with E-state index in [1.54, 1.807) is 19.3 Å². The van der Waals surface area contributed by atoms with Crippen molar-refractivity contribution in [2.45, 2.75) is 19.0 Å². The summed E-state index contributed by atoms with van der Waals surface area (Å²) in [6, 6.07) is 9.25. The van der Waals surface area contributed by atoms with Gasteiger partial charge in [-0.25, -0.2) is 13.8 Å². The lowest BCUT2D eigenvalue weighted by Gasteiger charge is -2.20. The summed E-state index contributed by atoms with van der Waals surface area (Å²) < 4.78 is 27.8. The standard InChI is InChI=1S/C19H20F2N6/c1-23-19(25-11-14-9-13(10-22)4-5-16(14)20)26-15-6-8-27(12-15)18-17(21)3-2-7-24-18/h2-5,7,9,15H,6,8,11-12H2,1H3,(H2,23,25,26). The number of halogens is 2. The summed E-state index contributed by atoms with van der Waals surface area (Å²) in [6.07, 6.45) is 2.37.